The molecule has 0 amide bonds. The largest absolute Gasteiger partial charge is 0.278 e. The van der Waals surface area contributed by atoms with Crippen LogP contribution in [0.15, 0.2) is 29.4 Å². The number of H-pyrrole nitrogens is 1. The number of fused-ring (bicyclic) bond motifs is 1. The van der Waals surface area contributed by atoms with Gasteiger partial charge in [-0.15, -0.1) is 6.58 Å². The summed E-state index contributed by atoms with van der Waals surface area (Å²) in [5.41, 5.74) is 3.62. The van der Waals surface area contributed by atoms with Crippen molar-refractivity contribution in [2.24, 2.45) is 0 Å². The number of halogens is 1. The minimum Gasteiger partial charge on any atom is -0.278 e. The zero-order valence-corrected chi connectivity index (χ0v) is 9.56. The number of aromatic nitrogens is 2. The summed E-state index contributed by atoms with van der Waals surface area (Å²) in [7, 11) is 0. The Morgan fingerprint density at radius 1 is 1.64 bits per heavy atom. The van der Waals surface area contributed by atoms with Crippen molar-refractivity contribution < 1.29 is 0 Å². The Bertz CT molecular complexity index is 485. The molecular formula is C11H11BrN2. The first-order valence-electron chi connectivity index (χ1n) is 4.46. The molecule has 3 heteroatoms. The summed E-state index contributed by atoms with van der Waals surface area (Å²) in [4.78, 5) is 0. The molecule has 0 spiro atoms. The number of aryl methyl sites for hydroxylation is 1. The minimum absolute atomic E-state index is 0.882. The van der Waals surface area contributed by atoms with E-state index in [1.165, 1.54) is 11.1 Å². The normalized spacial score (nSPS) is 10.7. The van der Waals surface area contributed by atoms with E-state index in [4.69, 9.17) is 0 Å². The highest BCUT2D eigenvalue weighted by Gasteiger charge is 2.08. The molecule has 0 radical (unpaired) electrons. The minimum atomic E-state index is 0.882. The lowest BCUT2D eigenvalue weighted by molar-refractivity contribution is 1.12. The van der Waals surface area contributed by atoms with Crippen LogP contribution in [0.5, 0.6) is 0 Å². The number of nitrogens with one attached hydrogen (secondary N) is 1. The van der Waals surface area contributed by atoms with E-state index in [1.54, 1.807) is 0 Å². The van der Waals surface area contributed by atoms with Gasteiger partial charge in [0, 0.05) is 9.86 Å². The van der Waals surface area contributed by atoms with Gasteiger partial charge < -0.3 is 0 Å². The molecule has 1 N–H and O–H groups in total. The molecule has 0 fully saturated rings. The van der Waals surface area contributed by atoms with Gasteiger partial charge in [0.25, 0.3) is 0 Å². The van der Waals surface area contributed by atoms with E-state index < -0.39 is 0 Å². The Hall–Kier alpha value is -1.09. The van der Waals surface area contributed by atoms with Crippen molar-refractivity contribution >= 4 is 26.8 Å². The lowest BCUT2D eigenvalue weighted by Gasteiger charge is -2.06. The number of aromatic amines is 1. The van der Waals surface area contributed by atoms with Crippen molar-refractivity contribution in [3.63, 3.8) is 0 Å². The maximum atomic E-state index is 4.02. The maximum absolute atomic E-state index is 4.02. The van der Waals surface area contributed by atoms with E-state index in [0.717, 1.165) is 21.8 Å². The number of nitrogens with zero attached hydrogens (tertiary/aromatic N) is 1. The van der Waals surface area contributed by atoms with Crippen molar-refractivity contribution in [1.82, 2.24) is 10.2 Å². The summed E-state index contributed by atoms with van der Waals surface area (Å²) in [5, 5.41) is 8.12. The van der Waals surface area contributed by atoms with E-state index in [1.807, 2.05) is 12.3 Å². The van der Waals surface area contributed by atoms with Crippen molar-refractivity contribution in [1.29, 1.82) is 0 Å². The Kier molecular flexibility index (Phi) is 2.42. The van der Waals surface area contributed by atoms with Gasteiger partial charge in [-0.2, -0.15) is 5.10 Å². The molecule has 0 unspecified atom stereocenters. The number of rotatable bonds is 2. The van der Waals surface area contributed by atoms with E-state index >= 15 is 0 Å². The topological polar surface area (TPSA) is 28.7 Å². The van der Waals surface area contributed by atoms with Gasteiger partial charge in [0.15, 0.2) is 0 Å². The van der Waals surface area contributed by atoms with Gasteiger partial charge in [-0.1, -0.05) is 6.08 Å². The smallest absolute Gasteiger partial charge is 0.0664 e. The Labute approximate surface area is 91.1 Å². The van der Waals surface area contributed by atoms with Gasteiger partial charge in [0.1, 0.15) is 0 Å². The van der Waals surface area contributed by atoms with Crippen molar-refractivity contribution in [3.8, 4) is 0 Å². The highest BCUT2D eigenvalue weighted by atomic mass is 79.9. The SMILES string of the molecule is C=CCc1c(C)cc2[nH]ncc2c1Br. The third-order valence-electron chi connectivity index (χ3n) is 2.36. The first-order valence-corrected chi connectivity index (χ1v) is 5.25. The van der Waals surface area contributed by atoms with E-state index in [-0.39, 0.29) is 0 Å². The average molecular weight is 251 g/mol. The highest BCUT2D eigenvalue weighted by molar-refractivity contribution is 9.10. The number of allylic oxidation sites excluding steroid dienone is 1. The van der Waals surface area contributed by atoms with Gasteiger partial charge in [-0.3, -0.25) is 5.10 Å². The molecule has 1 aromatic carbocycles. The molecule has 0 aliphatic carbocycles. The molecule has 0 bridgehead atoms. The van der Waals surface area contributed by atoms with Crippen LogP contribution >= 0.6 is 15.9 Å². The molecule has 0 aliphatic heterocycles. The summed E-state index contributed by atoms with van der Waals surface area (Å²) in [6.45, 7) is 5.86. The van der Waals surface area contributed by atoms with Crippen molar-refractivity contribution in [2.75, 3.05) is 0 Å². The summed E-state index contributed by atoms with van der Waals surface area (Å²) < 4.78 is 1.13. The lowest BCUT2D eigenvalue weighted by atomic mass is 10.0. The molecule has 2 aromatic rings. The third-order valence-corrected chi connectivity index (χ3v) is 3.26. The zero-order chi connectivity index (χ0) is 10.1. The molecule has 72 valence electrons. The van der Waals surface area contributed by atoms with Crippen LogP contribution < -0.4 is 0 Å². The fourth-order valence-corrected chi connectivity index (χ4v) is 2.41. The van der Waals surface area contributed by atoms with Crippen LogP contribution in [0.2, 0.25) is 0 Å². The van der Waals surface area contributed by atoms with Crippen LogP contribution in [0.1, 0.15) is 11.1 Å². The molecule has 14 heavy (non-hydrogen) atoms. The molecular weight excluding hydrogens is 240 g/mol. The standard InChI is InChI=1S/C11H11BrN2/c1-3-4-8-7(2)5-10-9(11(8)12)6-13-14-10/h3,5-6H,1,4H2,2H3,(H,13,14). The monoisotopic (exact) mass is 250 g/mol. The Morgan fingerprint density at radius 2 is 2.43 bits per heavy atom. The first-order chi connectivity index (χ1) is 6.74. The second-order valence-corrected chi connectivity index (χ2v) is 4.10. The predicted molar refractivity (Wildman–Crippen MR) is 62.4 cm³/mol. The number of hydrogen-bond acceptors (Lipinski definition) is 1. The number of benzene rings is 1. The van der Waals surface area contributed by atoms with Crippen molar-refractivity contribution in [2.45, 2.75) is 13.3 Å². The van der Waals surface area contributed by atoms with Crippen molar-refractivity contribution in [3.05, 3.63) is 40.5 Å². The molecule has 1 aromatic heterocycles. The molecule has 2 rings (SSSR count). The average Bonchev–Trinajstić information content (AvgIpc) is 2.60. The van der Waals surface area contributed by atoms with Crippen LogP contribution in [0, 0.1) is 6.92 Å². The fraction of sp³-hybridized carbons (Fsp3) is 0.182. The molecule has 0 saturated heterocycles. The van der Waals surface area contributed by atoms with Crippen LogP contribution in [0.4, 0.5) is 0 Å². The summed E-state index contributed by atoms with van der Waals surface area (Å²) in [6, 6.07) is 2.12. The third kappa shape index (κ3) is 1.38. The highest BCUT2D eigenvalue weighted by Crippen LogP contribution is 2.29. The van der Waals surface area contributed by atoms with E-state index in [2.05, 4.69) is 45.7 Å². The van der Waals surface area contributed by atoms with Crippen LogP contribution in [-0.2, 0) is 6.42 Å². The van der Waals surface area contributed by atoms with E-state index in [9.17, 15) is 0 Å². The predicted octanol–water partition coefficient (Wildman–Crippen LogP) is 3.36. The fourth-order valence-electron chi connectivity index (χ4n) is 1.62. The summed E-state index contributed by atoms with van der Waals surface area (Å²) in [5.74, 6) is 0. The van der Waals surface area contributed by atoms with Gasteiger partial charge >= 0.3 is 0 Å². The maximum Gasteiger partial charge on any atom is 0.0664 e. The van der Waals surface area contributed by atoms with Crippen LogP contribution in [-0.4, -0.2) is 10.2 Å². The second kappa shape index (κ2) is 3.58. The first kappa shape index (κ1) is 9.46. The van der Waals surface area contributed by atoms with Gasteiger partial charge in [-0.25, -0.2) is 0 Å². The lowest BCUT2D eigenvalue weighted by Crippen LogP contribution is -1.89. The van der Waals surface area contributed by atoms with E-state index in [0.29, 0.717) is 0 Å². The summed E-state index contributed by atoms with van der Waals surface area (Å²) in [6.07, 6.45) is 4.64. The quantitative estimate of drug-likeness (QED) is 0.814. The number of hydrogen-bond donors (Lipinski definition) is 1. The second-order valence-electron chi connectivity index (χ2n) is 3.31. The van der Waals surface area contributed by atoms with Crippen LogP contribution in [0.3, 0.4) is 0 Å². The molecule has 0 atom stereocenters. The Balaban J connectivity index is 2.75. The molecule has 0 aliphatic rings. The summed E-state index contributed by atoms with van der Waals surface area (Å²) >= 11 is 3.61. The molecule has 2 nitrogen and oxygen atoms in total. The molecule has 1 heterocycles. The van der Waals surface area contributed by atoms with Gasteiger partial charge in [0.05, 0.1) is 11.7 Å². The van der Waals surface area contributed by atoms with Gasteiger partial charge in [0.2, 0.25) is 0 Å². The molecule has 0 saturated carbocycles. The van der Waals surface area contributed by atoms with Crippen LogP contribution in [0.25, 0.3) is 10.9 Å². The Morgan fingerprint density at radius 3 is 3.14 bits per heavy atom. The van der Waals surface area contributed by atoms with Gasteiger partial charge in [-0.05, 0) is 46.5 Å². The zero-order valence-electron chi connectivity index (χ0n) is 7.97.